The van der Waals surface area contributed by atoms with Crippen molar-refractivity contribution >= 4 is 28.4 Å². The van der Waals surface area contributed by atoms with Gasteiger partial charge in [-0.1, -0.05) is 6.07 Å². The van der Waals surface area contributed by atoms with Gasteiger partial charge in [0.1, 0.15) is 17.5 Å². The second-order valence-corrected chi connectivity index (χ2v) is 7.75. The summed E-state index contributed by atoms with van der Waals surface area (Å²) in [7, 11) is 0. The number of amides is 1. The zero-order valence-electron chi connectivity index (χ0n) is 17.3. The maximum atomic E-state index is 13.8. The van der Waals surface area contributed by atoms with E-state index in [-0.39, 0.29) is 29.6 Å². The fraction of sp³-hybridized carbons (Fsp3) is 0.167. The Kier molecular flexibility index (Phi) is 5.39. The Balaban J connectivity index is 1.38. The predicted molar refractivity (Wildman–Crippen MR) is 116 cm³/mol. The van der Waals surface area contributed by atoms with Gasteiger partial charge in [0.15, 0.2) is 5.78 Å². The van der Waals surface area contributed by atoms with Crippen molar-refractivity contribution in [3.63, 3.8) is 0 Å². The van der Waals surface area contributed by atoms with Crippen molar-refractivity contribution in [2.24, 2.45) is 0 Å². The number of nitrogens with zero attached hydrogens (tertiary/aromatic N) is 3. The van der Waals surface area contributed by atoms with Crippen LogP contribution in [0.2, 0.25) is 0 Å². The lowest BCUT2D eigenvalue weighted by Gasteiger charge is -2.28. The Labute approximate surface area is 187 Å². The van der Waals surface area contributed by atoms with Crippen molar-refractivity contribution in [1.29, 1.82) is 0 Å². The first-order valence-corrected chi connectivity index (χ1v) is 10.3. The van der Waals surface area contributed by atoms with Gasteiger partial charge in [-0.3, -0.25) is 14.6 Å². The summed E-state index contributed by atoms with van der Waals surface area (Å²) >= 11 is 0. The standard InChI is InChI=1S/C24H18F2N4O3/c25-16-2-1-14(20(26)9-16)8-23(31)29-22-7-15(3-6-28-22)24(32)19-11-30(17-12-33-13-17)21-4-5-27-10-18(19)21/h1-7,9-11,17H,8,12-13H2,(H,28,29,31). The number of ketones is 1. The van der Waals surface area contributed by atoms with E-state index in [1.165, 1.54) is 18.3 Å². The van der Waals surface area contributed by atoms with Crippen LogP contribution in [0, 0.1) is 11.6 Å². The molecule has 1 N–H and O–H groups in total. The maximum absolute atomic E-state index is 13.8. The van der Waals surface area contributed by atoms with E-state index in [9.17, 15) is 18.4 Å². The van der Waals surface area contributed by atoms with E-state index < -0.39 is 17.5 Å². The Morgan fingerprint density at radius 2 is 1.97 bits per heavy atom. The molecule has 7 nitrogen and oxygen atoms in total. The van der Waals surface area contributed by atoms with E-state index in [1.54, 1.807) is 24.7 Å². The van der Waals surface area contributed by atoms with Gasteiger partial charge in [0.25, 0.3) is 0 Å². The normalized spacial score (nSPS) is 13.6. The van der Waals surface area contributed by atoms with Crippen LogP contribution in [0.4, 0.5) is 14.6 Å². The van der Waals surface area contributed by atoms with Crippen LogP contribution < -0.4 is 5.32 Å². The summed E-state index contributed by atoms with van der Waals surface area (Å²) < 4.78 is 34.2. The van der Waals surface area contributed by atoms with Crippen molar-refractivity contribution < 1.29 is 23.1 Å². The molecule has 4 heterocycles. The minimum atomic E-state index is -0.802. The summed E-state index contributed by atoms with van der Waals surface area (Å²) in [6.07, 6.45) is 6.25. The van der Waals surface area contributed by atoms with Gasteiger partial charge in [-0.15, -0.1) is 0 Å². The molecule has 9 heteroatoms. The molecule has 33 heavy (non-hydrogen) atoms. The third kappa shape index (κ3) is 4.10. The number of hydrogen-bond acceptors (Lipinski definition) is 5. The van der Waals surface area contributed by atoms with Gasteiger partial charge in [-0.05, 0) is 29.8 Å². The van der Waals surface area contributed by atoms with E-state index in [2.05, 4.69) is 15.3 Å². The predicted octanol–water partition coefficient (Wildman–Crippen LogP) is 3.69. The highest BCUT2D eigenvalue weighted by atomic mass is 19.1. The van der Waals surface area contributed by atoms with Crippen LogP contribution in [-0.2, 0) is 16.0 Å². The van der Waals surface area contributed by atoms with Gasteiger partial charge < -0.3 is 14.6 Å². The first-order valence-electron chi connectivity index (χ1n) is 10.3. The summed E-state index contributed by atoms with van der Waals surface area (Å²) in [5.74, 6) is -2.14. The number of fused-ring (bicyclic) bond motifs is 1. The summed E-state index contributed by atoms with van der Waals surface area (Å²) in [5.41, 5.74) is 1.77. The van der Waals surface area contributed by atoms with Gasteiger partial charge in [0.05, 0.1) is 31.2 Å². The van der Waals surface area contributed by atoms with Crippen molar-refractivity contribution in [2.75, 3.05) is 18.5 Å². The molecule has 1 aliphatic rings. The minimum absolute atomic E-state index is 0.0569. The molecule has 3 aromatic heterocycles. The number of halogens is 2. The summed E-state index contributed by atoms with van der Waals surface area (Å²) in [4.78, 5) is 33.9. The zero-order valence-corrected chi connectivity index (χ0v) is 17.3. The first-order chi connectivity index (χ1) is 16.0. The van der Waals surface area contributed by atoms with Crippen molar-refractivity contribution in [2.45, 2.75) is 12.5 Å². The molecule has 0 unspecified atom stereocenters. The van der Waals surface area contributed by atoms with Crippen LogP contribution in [0.5, 0.6) is 0 Å². The van der Waals surface area contributed by atoms with Crippen LogP contribution in [0.15, 0.2) is 61.2 Å². The number of anilines is 1. The van der Waals surface area contributed by atoms with Crippen LogP contribution in [-0.4, -0.2) is 39.4 Å². The average molecular weight is 448 g/mol. The number of rotatable bonds is 6. The number of benzene rings is 1. The lowest BCUT2D eigenvalue weighted by molar-refractivity contribution is -0.115. The van der Waals surface area contributed by atoms with Gasteiger partial charge in [0.2, 0.25) is 5.91 Å². The number of pyridine rings is 2. The number of hydrogen-bond donors (Lipinski definition) is 1. The molecular formula is C24H18F2N4O3. The van der Waals surface area contributed by atoms with E-state index in [0.717, 1.165) is 23.0 Å². The molecule has 166 valence electrons. The van der Waals surface area contributed by atoms with E-state index in [4.69, 9.17) is 4.74 Å². The number of aromatic nitrogens is 3. The molecular weight excluding hydrogens is 430 g/mol. The molecule has 1 aromatic carbocycles. The minimum Gasteiger partial charge on any atom is -0.377 e. The summed E-state index contributed by atoms with van der Waals surface area (Å²) in [6.45, 7) is 1.17. The maximum Gasteiger partial charge on any atom is 0.230 e. The molecule has 5 rings (SSSR count). The number of nitrogens with one attached hydrogen (secondary N) is 1. The quantitative estimate of drug-likeness (QED) is 0.455. The monoisotopic (exact) mass is 448 g/mol. The third-order valence-electron chi connectivity index (χ3n) is 5.55. The molecule has 1 aliphatic heterocycles. The van der Waals surface area contributed by atoms with Crippen molar-refractivity contribution in [1.82, 2.24) is 14.5 Å². The molecule has 0 atom stereocenters. The van der Waals surface area contributed by atoms with Gasteiger partial charge in [0, 0.05) is 47.4 Å². The molecule has 0 spiro atoms. The molecule has 1 amide bonds. The summed E-state index contributed by atoms with van der Waals surface area (Å²) in [5, 5.41) is 3.29. The lowest BCUT2D eigenvalue weighted by Crippen LogP contribution is -2.30. The second kappa shape index (κ2) is 8.51. The number of carbonyl (C=O) groups excluding carboxylic acids is 2. The highest BCUT2D eigenvalue weighted by Gasteiger charge is 2.25. The van der Waals surface area contributed by atoms with E-state index >= 15 is 0 Å². The van der Waals surface area contributed by atoms with Crippen LogP contribution in [0.25, 0.3) is 10.9 Å². The fourth-order valence-electron chi connectivity index (χ4n) is 3.79. The Morgan fingerprint density at radius 1 is 1.12 bits per heavy atom. The fourth-order valence-corrected chi connectivity index (χ4v) is 3.79. The van der Waals surface area contributed by atoms with Gasteiger partial charge in [-0.2, -0.15) is 0 Å². The SMILES string of the molecule is O=C(Cc1ccc(F)cc1F)Nc1cc(C(=O)c2cn(C3COC3)c3ccncc23)ccn1. The molecule has 0 radical (unpaired) electrons. The average Bonchev–Trinajstić information content (AvgIpc) is 3.13. The Bertz CT molecular complexity index is 1380. The molecule has 1 fully saturated rings. The smallest absolute Gasteiger partial charge is 0.230 e. The van der Waals surface area contributed by atoms with Crippen LogP contribution >= 0.6 is 0 Å². The molecule has 0 aliphatic carbocycles. The topological polar surface area (TPSA) is 86.1 Å². The lowest BCUT2D eigenvalue weighted by atomic mass is 10.0. The van der Waals surface area contributed by atoms with E-state index in [1.807, 2.05) is 10.6 Å². The first kappa shape index (κ1) is 20.9. The summed E-state index contributed by atoms with van der Waals surface area (Å²) in [6, 6.07) is 8.07. The Morgan fingerprint density at radius 3 is 2.73 bits per heavy atom. The van der Waals surface area contributed by atoms with Gasteiger partial charge >= 0.3 is 0 Å². The highest BCUT2D eigenvalue weighted by molar-refractivity contribution is 6.16. The van der Waals surface area contributed by atoms with Gasteiger partial charge in [-0.25, -0.2) is 13.8 Å². The molecule has 0 saturated carbocycles. The highest BCUT2D eigenvalue weighted by Crippen LogP contribution is 2.29. The van der Waals surface area contributed by atoms with Crippen molar-refractivity contribution in [3.05, 3.63) is 89.5 Å². The third-order valence-corrected chi connectivity index (χ3v) is 5.55. The molecule has 4 aromatic rings. The second-order valence-electron chi connectivity index (χ2n) is 7.75. The zero-order chi connectivity index (χ0) is 22.9. The van der Waals surface area contributed by atoms with Crippen LogP contribution in [0.1, 0.15) is 27.5 Å². The number of ether oxygens (including phenoxy) is 1. The largest absolute Gasteiger partial charge is 0.377 e. The van der Waals surface area contributed by atoms with E-state index in [0.29, 0.717) is 24.3 Å². The molecule has 0 bridgehead atoms. The molecule has 1 saturated heterocycles. The number of carbonyl (C=O) groups is 2. The van der Waals surface area contributed by atoms with Crippen LogP contribution in [0.3, 0.4) is 0 Å². The Hall–Kier alpha value is -3.98. The van der Waals surface area contributed by atoms with Crippen molar-refractivity contribution in [3.8, 4) is 0 Å².